The van der Waals surface area contributed by atoms with Crippen LogP contribution >= 0.6 is 11.3 Å². The maximum atomic E-state index is 13.4. The van der Waals surface area contributed by atoms with Crippen molar-refractivity contribution in [2.75, 3.05) is 18.1 Å². The van der Waals surface area contributed by atoms with Crippen LogP contribution in [-0.4, -0.2) is 18.3 Å². The number of rotatable bonds is 2. The molecule has 2 heterocycles. The molecule has 1 aliphatic heterocycles. The van der Waals surface area contributed by atoms with Gasteiger partial charge in [-0.05, 0) is 35.6 Å². The molecule has 1 aromatic carbocycles. The van der Waals surface area contributed by atoms with E-state index < -0.39 is 0 Å². The third-order valence-electron chi connectivity index (χ3n) is 3.42. The van der Waals surface area contributed by atoms with Gasteiger partial charge in [-0.1, -0.05) is 17.9 Å². The summed E-state index contributed by atoms with van der Waals surface area (Å²) in [6, 6.07) is 6.96. The number of hydrogen-bond donors (Lipinski definition) is 1. The van der Waals surface area contributed by atoms with Gasteiger partial charge in [0, 0.05) is 22.7 Å². The number of hydrogen-bond acceptors (Lipinski definition) is 3. The molecule has 2 nitrogen and oxygen atoms in total. The minimum absolute atomic E-state index is 0.132. The molecule has 0 atom stereocenters. The molecule has 1 N–H and O–H groups in total. The predicted octanol–water partition coefficient (Wildman–Crippen LogP) is 2.79. The summed E-state index contributed by atoms with van der Waals surface area (Å²) in [6.07, 6.45) is 0.957. The number of aliphatic hydroxyl groups excluding tert-OH is 1. The predicted molar refractivity (Wildman–Crippen MR) is 79.4 cm³/mol. The van der Waals surface area contributed by atoms with E-state index in [4.69, 9.17) is 5.11 Å². The normalized spacial score (nSPS) is 13.0. The van der Waals surface area contributed by atoms with Gasteiger partial charge >= 0.3 is 0 Å². The zero-order valence-electron chi connectivity index (χ0n) is 10.9. The highest BCUT2D eigenvalue weighted by molar-refractivity contribution is 7.10. The van der Waals surface area contributed by atoms with Crippen LogP contribution in [0.2, 0.25) is 0 Å². The highest BCUT2D eigenvalue weighted by Gasteiger charge is 2.20. The largest absolute Gasteiger partial charge is 0.384 e. The van der Waals surface area contributed by atoms with Gasteiger partial charge in [0.1, 0.15) is 12.4 Å². The molecule has 20 heavy (non-hydrogen) atoms. The summed E-state index contributed by atoms with van der Waals surface area (Å²) in [6.45, 7) is 1.51. The second kappa shape index (κ2) is 5.66. The Bertz CT molecular complexity index is 683. The van der Waals surface area contributed by atoms with E-state index in [2.05, 4.69) is 16.7 Å². The molecule has 2 aromatic rings. The Morgan fingerprint density at radius 3 is 3.10 bits per heavy atom. The van der Waals surface area contributed by atoms with Gasteiger partial charge in [0.15, 0.2) is 0 Å². The Balaban J connectivity index is 1.84. The first-order valence-electron chi connectivity index (χ1n) is 6.47. The Morgan fingerprint density at radius 2 is 2.25 bits per heavy atom. The SMILES string of the molecule is OCC#Cc1ccsc1CN1CCc2ccc(F)cc21. The maximum absolute atomic E-state index is 13.4. The van der Waals surface area contributed by atoms with E-state index in [0.717, 1.165) is 35.6 Å². The lowest BCUT2D eigenvalue weighted by molar-refractivity contribution is 0.350. The molecular weight excluding hydrogens is 273 g/mol. The molecule has 1 aromatic heterocycles. The Hall–Kier alpha value is -1.83. The van der Waals surface area contributed by atoms with E-state index in [1.54, 1.807) is 17.4 Å². The number of aliphatic hydroxyl groups is 1. The molecule has 0 saturated heterocycles. The molecule has 0 spiro atoms. The number of fused-ring (bicyclic) bond motifs is 1. The second-order valence-electron chi connectivity index (χ2n) is 4.66. The van der Waals surface area contributed by atoms with Crippen LogP contribution in [0.5, 0.6) is 0 Å². The van der Waals surface area contributed by atoms with Crippen molar-refractivity contribution in [3.63, 3.8) is 0 Å². The van der Waals surface area contributed by atoms with Crippen LogP contribution in [0.15, 0.2) is 29.6 Å². The van der Waals surface area contributed by atoms with Crippen LogP contribution in [0.25, 0.3) is 0 Å². The van der Waals surface area contributed by atoms with E-state index in [1.165, 1.54) is 11.6 Å². The first kappa shape index (κ1) is 13.2. The van der Waals surface area contributed by atoms with Crippen molar-refractivity contribution in [2.45, 2.75) is 13.0 Å². The summed E-state index contributed by atoms with van der Waals surface area (Å²) in [4.78, 5) is 3.34. The van der Waals surface area contributed by atoms with Crippen LogP contribution in [0.1, 0.15) is 16.0 Å². The molecule has 0 aliphatic carbocycles. The van der Waals surface area contributed by atoms with Crippen molar-refractivity contribution < 1.29 is 9.50 Å². The molecule has 0 unspecified atom stereocenters. The monoisotopic (exact) mass is 287 g/mol. The number of thiophene rings is 1. The fourth-order valence-electron chi connectivity index (χ4n) is 2.47. The average molecular weight is 287 g/mol. The lowest BCUT2D eigenvalue weighted by Gasteiger charge is -2.18. The van der Waals surface area contributed by atoms with Crippen molar-refractivity contribution in [2.24, 2.45) is 0 Å². The lowest BCUT2D eigenvalue weighted by atomic mass is 10.1. The molecular formula is C16H14FNOS. The minimum Gasteiger partial charge on any atom is -0.384 e. The van der Waals surface area contributed by atoms with Crippen LogP contribution in [0, 0.1) is 17.7 Å². The van der Waals surface area contributed by atoms with Crippen LogP contribution < -0.4 is 4.90 Å². The third-order valence-corrected chi connectivity index (χ3v) is 4.33. The summed E-state index contributed by atoms with van der Waals surface area (Å²) in [5.41, 5.74) is 3.14. The Kier molecular flexibility index (Phi) is 3.72. The standard InChI is InChI=1S/C16H14FNOS/c17-14-4-3-12-5-7-18(15(12)10-14)11-16-13(2-1-8-19)6-9-20-16/h3-4,6,9-10,19H,5,7-8,11H2. The van der Waals surface area contributed by atoms with Crippen LogP contribution in [0.3, 0.4) is 0 Å². The van der Waals surface area contributed by atoms with Gasteiger partial charge < -0.3 is 10.0 Å². The molecule has 0 amide bonds. The number of halogens is 1. The highest BCUT2D eigenvalue weighted by atomic mass is 32.1. The van der Waals surface area contributed by atoms with Crippen molar-refractivity contribution in [1.82, 2.24) is 0 Å². The van der Waals surface area contributed by atoms with E-state index >= 15 is 0 Å². The zero-order valence-corrected chi connectivity index (χ0v) is 11.7. The van der Waals surface area contributed by atoms with Gasteiger partial charge in [0.2, 0.25) is 0 Å². The van der Waals surface area contributed by atoms with E-state index in [1.807, 2.05) is 17.5 Å². The van der Waals surface area contributed by atoms with Crippen molar-refractivity contribution in [3.05, 3.63) is 51.5 Å². The minimum atomic E-state index is -0.192. The van der Waals surface area contributed by atoms with Gasteiger partial charge in [-0.15, -0.1) is 11.3 Å². The van der Waals surface area contributed by atoms with Gasteiger partial charge in [-0.25, -0.2) is 4.39 Å². The van der Waals surface area contributed by atoms with Crippen molar-refractivity contribution in [3.8, 4) is 11.8 Å². The first-order valence-corrected chi connectivity index (χ1v) is 7.35. The van der Waals surface area contributed by atoms with Gasteiger partial charge in [0.25, 0.3) is 0 Å². The number of anilines is 1. The topological polar surface area (TPSA) is 23.5 Å². The smallest absolute Gasteiger partial charge is 0.125 e. The zero-order chi connectivity index (χ0) is 13.9. The summed E-state index contributed by atoms with van der Waals surface area (Å²) in [5, 5.41) is 10.8. The van der Waals surface area contributed by atoms with Gasteiger partial charge in [0.05, 0.1) is 6.54 Å². The molecule has 3 rings (SSSR count). The quantitative estimate of drug-likeness (QED) is 0.859. The third kappa shape index (κ3) is 2.55. The van der Waals surface area contributed by atoms with E-state index in [0.29, 0.717) is 0 Å². The van der Waals surface area contributed by atoms with Gasteiger partial charge in [-0.2, -0.15) is 0 Å². The summed E-state index contributed by atoms with van der Waals surface area (Å²) >= 11 is 1.65. The highest BCUT2D eigenvalue weighted by Crippen LogP contribution is 2.31. The molecule has 0 radical (unpaired) electrons. The maximum Gasteiger partial charge on any atom is 0.125 e. The fraction of sp³-hybridized carbons (Fsp3) is 0.250. The lowest BCUT2D eigenvalue weighted by Crippen LogP contribution is -2.19. The van der Waals surface area contributed by atoms with Crippen LogP contribution in [-0.2, 0) is 13.0 Å². The fourth-order valence-corrected chi connectivity index (χ4v) is 3.31. The average Bonchev–Trinajstić information content (AvgIpc) is 3.04. The Morgan fingerprint density at radius 1 is 1.35 bits per heavy atom. The van der Waals surface area contributed by atoms with Gasteiger partial charge in [-0.3, -0.25) is 0 Å². The molecule has 1 aliphatic rings. The van der Waals surface area contributed by atoms with Crippen molar-refractivity contribution >= 4 is 17.0 Å². The van der Waals surface area contributed by atoms with E-state index in [-0.39, 0.29) is 12.4 Å². The van der Waals surface area contributed by atoms with E-state index in [9.17, 15) is 4.39 Å². The molecule has 4 heteroatoms. The number of benzene rings is 1. The second-order valence-corrected chi connectivity index (χ2v) is 5.66. The number of nitrogens with zero attached hydrogens (tertiary/aromatic N) is 1. The first-order chi connectivity index (χ1) is 9.78. The molecule has 0 saturated carbocycles. The molecule has 0 bridgehead atoms. The summed E-state index contributed by atoms with van der Waals surface area (Å²) < 4.78 is 13.4. The van der Waals surface area contributed by atoms with Crippen molar-refractivity contribution in [1.29, 1.82) is 0 Å². The van der Waals surface area contributed by atoms with Crippen LogP contribution in [0.4, 0.5) is 10.1 Å². The summed E-state index contributed by atoms with van der Waals surface area (Å²) in [5.74, 6) is 5.45. The molecule has 102 valence electrons. The summed E-state index contributed by atoms with van der Waals surface area (Å²) in [7, 11) is 0. The molecule has 0 fully saturated rings. The Labute approximate surface area is 121 Å².